The zero-order valence-electron chi connectivity index (χ0n) is 11.3. The van der Waals surface area contributed by atoms with Crippen LogP contribution < -0.4 is 5.32 Å². The number of rotatable bonds is 2. The number of benzene rings is 1. The molecule has 2 fully saturated rings. The van der Waals surface area contributed by atoms with Crippen LogP contribution in [-0.2, 0) is 0 Å². The number of hydrogen-bond donors (Lipinski definition) is 3. The van der Waals surface area contributed by atoms with E-state index >= 15 is 0 Å². The van der Waals surface area contributed by atoms with Gasteiger partial charge in [0.15, 0.2) is 0 Å². The number of phenols is 2. The van der Waals surface area contributed by atoms with E-state index < -0.39 is 0 Å². The largest absolute Gasteiger partial charge is 0.508 e. The highest BCUT2D eigenvalue weighted by atomic mass is 16.3. The molecule has 104 valence electrons. The third kappa shape index (κ3) is 2.30. The number of phenolic OH excluding ortho intramolecular Hbond substituents is 2. The van der Waals surface area contributed by atoms with Gasteiger partial charge in [0.05, 0.1) is 0 Å². The van der Waals surface area contributed by atoms with Gasteiger partial charge in [-0.1, -0.05) is 6.07 Å². The van der Waals surface area contributed by atoms with Crippen LogP contribution >= 0.6 is 0 Å². The van der Waals surface area contributed by atoms with Gasteiger partial charge in [0.2, 0.25) is 0 Å². The lowest BCUT2D eigenvalue weighted by molar-refractivity contribution is 0.0836. The number of hydrogen-bond acceptors (Lipinski definition) is 4. The van der Waals surface area contributed by atoms with Gasteiger partial charge in [-0.2, -0.15) is 0 Å². The molecule has 4 heteroatoms. The minimum Gasteiger partial charge on any atom is -0.508 e. The number of fused-ring (bicyclic) bond motifs is 1. The molecule has 0 saturated carbocycles. The Bertz CT molecular complexity index is 463. The first-order chi connectivity index (χ1) is 9.16. The lowest BCUT2D eigenvalue weighted by Gasteiger charge is -2.41. The highest BCUT2D eigenvalue weighted by Crippen LogP contribution is 2.37. The van der Waals surface area contributed by atoms with E-state index in [9.17, 15) is 10.2 Å². The molecule has 19 heavy (non-hydrogen) atoms. The van der Waals surface area contributed by atoms with Gasteiger partial charge in [-0.3, -0.25) is 4.90 Å². The summed E-state index contributed by atoms with van der Waals surface area (Å²) in [6.45, 7) is 5.40. The summed E-state index contributed by atoms with van der Waals surface area (Å²) >= 11 is 0. The van der Waals surface area contributed by atoms with Gasteiger partial charge in [0, 0.05) is 30.3 Å². The molecule has 0 amide bonds. The maximum Gasteiger partial charge on any atom is 0.124 e. The van der Waals surface area contributed by atoms with Crippen molar-refractivity contribution in [3.63, 3.8) is 0 Å². The SMILES string of the molecule is CC(c1ccc(O)cc1O)N1CCCC2CNCC21. The molecule has 2 saturated heterocycles. The van der Waals surface area contributed by atoms with Gasteiger partial charge in [-0.05, 0) is 44.8 Å². The summed E-state index contributed by atoms with van der Waals surface area (Å²) in [4.78, 5) is 2.50. The molecule has 2 aliphatic heterocycles. The zero-order valence-corrected chi connectivity index (χ0v) is 11.3. The average Bonchev–Trinajstić information content (AvgIpc) is 2.86. The molecular formula is C15H22N2O2. The van der Waals surface area contributed by atoms with E-state index in [2.05, 4.69) is 17.1 Å². The smallest absolute Gasteiger partial charge is 0.124 e. The normalized spacial score (nSPS) is 29.1. The fourth-order valence-electron chi connectivity index (χ4n) is 3.65. The lowest BCUT2D eigenvalue weighted by Crippen LogP contribution is -2.46. The molecule has 2 heterocycles. The summed E-state index contributed by atoms with van der Waals surface area (Å²) in [6.07, 6.45) is 2.54. The van der Waals surface area contributed by atoms with Gasteiger partial charge in [-0.25, -0.2) is 0 Å². The molecule has 0 aromatic heterocycles. The summed E-state index contributed by atoms with van der Waals surface area (Å²) in [7, 11) is 0. The quantitative estimate of drug-likeness (QED) is 0.761. The Hall–Kier alpha value is -1.26. The molecule has 1 aromatic rings. The Kier molecular flexibility index (Phi) is 3.37. The third-order valence-corrected chi connectivity index (χ3v) is 4.68. The van der Waals surface area contributed by atoms with Crippen molar-refractivity contribution in [2.75, 3.05) is 19.6 Å². The Balaban J connectivity index is 1.84. The van der Waals surface area contributed by atoms with Crippen molar-refractivity contribution in [2.24, 2.45) is 5.92 Å². The fraction of sp³-hybridized carbons (Fsp3) is 0.600. The zero-order chi connectivity index (χ0) is 13.4. The van der Waals surface area contributed by atoms with E-state index in [4.69, 9.17) is 0 Å². The standard InChI is InChI=1S/C15H22N2O2/c1-10(13-5-4-12(18)7-15(13)19)17-6-2-3-11-8-16-9-14(11)17/h4-5,7,10-11,14,16,18-19H,2-3,6,8-9H2,1H3. The predicted octanol–water partition coefficient (Wildman–Crippen LogP) is 1.84. The van der Waals surface area contributed by atoms with E-state index in [-0.39, 0.29) is 17.5 Å². The van der Waals surface area contributed by atoms with Crippen LogP contribution in [0.3, 0.4) is 0 Å². The van der Waals surface area contributed by atoms with Crippen LogP contribution in [0.1, 0.15) is 31.4 Å². The van der Waals surface area contributed by atoms with E-state index in [0.29, 0.717) is 6.04 Å². The average molecular weight is 262 g/mol. The molecule has 3 unspecified atom stereocenters. The molecular weight excluding hydrogens is 240 g/mol. The van der Waals surface area contributed by atoms with Crippen LogP contribution in [0.5, 0.6) is 11.5 Å². The molecule has 0 spiro atoms. The van der Waals surface area contributed by atoms with Crippen LogP contribution in [0.15, 0.2) is 18.2 Å². The maximum absolute atomic E-state index is 10.0. The number of nitrogens with one attached hydrogen (secondary N) is 1. The molecule has 0 bridgehead atoms. The van der Waals surface area contributed by atoms with Crippen molar-refractivity contribution in [1.29, 1.82) is 0 Å². The van der Waals surface area contributed by atoms with Gasteiger partial charge < -0.3 is 15.5 Å². The summed E-state index contributed by atoms with van der Waals surface area (Å²) in [5.41, 5.74) is 0.908. The number of nitrogens with zero attached hydrogens (tertiary/aromatic N) is 1. The Morgan fingerprint density at radius 2 is 2.16 bits per heavy atom. The summed E-state index contributed by atoms with van der Waals surface area (Å²) in [6, 6.07) is 5.69. The van der Waals surface area contributed by atoms with Gasteiger partial charge >= 0.3 is 0 Å². The van der Waals surface area contributed by atoms with Gasteiger partial charge in [0.1, 0.15) is 11.5 Å². The molecule has 2 aliphatic rings. The van der Waals surface area contributed by atoms with Crippen LogP contribution in [0.2, 0.25) is 0 Å². The number of piperidine rings is 1. The predicted molar refractivity (Wildman–Crippen MR) is 74.3 cm³/mol. The second kappa shape index (κ2) is 5.02. The summed E-state index contributed by atoms with van der Waals surface area (Å²) in [5, 5.41) is 22.9. The van der Waals surface area contributed by atoms with Crippen LogP contribution in [-0.4, -0.2) is 40.8 Å². The second-order valence-electron chi connectivity index (χ2n) is 5.78. The van der Waals surface area contributed by atoms with E-state index in [1.54, 1.807) is 6.07 Å². The monoisotopic (exact) mass is 262 g/mol. The Labute approximate surface area is 114 Å². The lowest BCUT2D eigenvalue weighted by atomic mass is 9.89. The number of likely N-dealkylation sites (tertiary alicyclic amines) is 1. The van der Waals surface area contributed by atoms with E-state index in [0.717, 1.165) is 31.1 Å². The third-order valence-electron chi connectivity index (χ3n) is 4.68. The van der Waals surface area contributed by atoms with Crippen LogP contribution in [0.25, 0.3) is 0 Å². The van der Waals surface area contributed by atoms with Gasteiger partial charge in [-0.15, -0.1) is 0 Å². The van der Waals surface area contributed by atoms with Crippen molar-refractivity contribution in [3.8, 4) is 11.5 Å². The maximum atomic E-state index is 10.0. The van der Waals surface area contributed by atoms with Gasteiger partial charge in [0.25, 0.3) is 0 Å². The van der Waals surface area contributed by atoms with Crippen molar-refractivity contribution < 1.29 is 10.2 Å². The topological polar surface area (TPSA) is 55.7 Å². The summed E-state index contributed by atoms with van der Waals surface area (Å²) < 4.78 is 0. The fourth-order valence-corrected chi connectivity index (χ4v) is 3.65. The Morgan fingerprint density at radius 1 is 1.32 bits per heavy atom. The molecule has 0 radical (unpaired) electrons. The van der Waals surface area contributed by atoms with Crippen molar-refractivity contribution >= 4 is 0 Å². The minimum absolute atomic E-state index is 0.118. The molecule has 0 aliphatic carbocycles. The van der Waals surface area contributed by atoms with Crippen molar-refractivity contribution in [3.05, 3.63) is 23.8 Å². The highest BCUT2D eigenvalue weighted by Gasteiger charge is 2.37. The molecule has 4 nitrogen and oxygen atoms in total. The van der Waals surface area contributed by atoms with E-state index in [1.165, 1.54) is 18.9 Å². The van der Waals surface area contributed by atoms with Crippen LogP contribution in [0, 0.1) is 5.92 Å². The van der Waals surface area contributed by atoms with Crippen LogP contribution in [0.4, 0.5) is 0 Å². The minimum atomic E-state index is 0.118. The van der Waals surface area contributed by atoms with Crippen molar-refractivity contribution in [1.82, 2.24) is 10.2 Å². The van der Waals surface area contributed by atoms with Crippen molar-refractivity contribution in [2.45, 2.75) is 31.8 Å². The summed E-state index contributed by atoms with van der Waals surface area (Å²) in [5.74, 6) is 1.06. The number of aromatic hydroxyl groups is 2. The molecule has 3 atom stereocenters. The Morgan fingerprint density at radius 3 is 2.95 bits per heavy atom. The molecule has 3 rings (SSSR count). The van der Waals surface area contributed by atoms with E-state index in [1.807, 2.05) is 6.07 Å². The first-order valence-electron chi connectivity index (χ1n) is 7.15. The molecule has 1 aromatic carbocycles. The first-order valence-corrected chi connectivity index (χ1v) is 7.15. The highest BCUT2D eigenvalue weighted by molar-refractivity contribution is 5.40. The molecule has 3 N–H and O–H groups in total. The second-order valence-corrected chi connectivity index (χ2v) is 5.78. The first kappa shape index (κ1) is 12.8.